The summed E-state index contributed by atoms with van der Waals surface area (Å²) in [6.07, 6.45) is 3.10. The van der Waals surface area contributed by atoms with Gasteiger partial charge in [-0.05, 0) is 50.4 Å². The summed E-state index contributed by atoms with van der Waals surface area (Å²) in [5.41, 5.74) is 2.75. The molecule has 3 atom stereocenters. The summed E-state index contributed by atoms with van der Waals surface area (Å²) in [4.78, 5) is 33.2. The van der Waals surface area contributed by atoms with Gasteiger partial charge in [-0.2, -0.15) is 5.10 Å². The number of urea groups is 1. The molecule has 1 aromatic heterocycles. The summed E-state index contributed by atoms with van der Waals surface area (Å²) in [6, 6.07) is 16.5. The van der Waals surface area contributed by atoms with E-state index in [2.05, 4.69) is 37.4 Å². The number of nitrogens with one attached hydrogen (secondary N) is 2. The predicted molar refractivity (Wildman–Crippen MR) is 144 cm³/mol. The molecule has 0 spiro atoms. The van der Waals surface area contributed by atoms with Crippen molar-refractivity contribution in [2.75, 3.05) is 25.0 Å². The largest absolute Gasteiger partial charge is 0.321 e. The van der Waals surface area contributed by atoms with Crippen molar-refractivity contribution in [3.8, 4) is 0 Å². The molecule has 0 saturated carbocycles. The van der Waals surface area contributed by atoms with Crippen LogP contribution in [0.25, 0.3) is 0 Å². The number of piperazine rings is 1. The number of hydrogen-bond donors (Lipinski definition) is 2. The molecule has 6 rings (SSSR count). The number of hydrogen-bond acceptors (Lipinski definition) is 4. The number of fused-ring (bicyclic) bond motifs is 2. The van der Waals surface area contributed by atoms with E-state index >= 15 is 0 Å². The number of amides is 3. The van der Waals surface area contributed by atoms with Gasteiger partial charge in [-0.3, -0.25) is 14.8 Å². The molecule has 2 saturated heterocycles. The van der Waals surface area contributed by atoms with E-state index in [4.69, 9.17) is 0 Å². The highest BCUT2D eigenvalue weighted by Crippen LogP contribution is 2.38. The van der Waals surface area contributed by atoms with Crippen molar-refractivity contribution in [3.63, 3.8) is 0 Å². The Morgan fingerprint density at radius 3 is 2.63 bits per heavy atom. The lowest BCUT2D eigenvalue weighted by molar-refractivity contribution is 0.0517. The van der Waals surface area contributed by atoms with Gasteiger partial charge in [0.1, 0.15) is 5.82 Å². The SMILES string of the molecule is C.CC1c2[nH]nc(NC(=O)c3ccccc3F)c2CN1C(=O)N1C[C@@H]2CCCN2C[C@@H]1Cc1ccccc1. The summed E-state index contributed by atoms with van der Waals surface area (Å²) in [5, 5.41) is 10.0. The average Bonchev–Trinajstić information content (AvgIpc) is 3.61. The fraction of sp³-hybridized carbons (Fsp3) is 0.414. The Kier molecular flexibility index (Phi) is 7.21. The fourth-order valence-corrected chi connectivity index (χ4v) is 6.05. The maximum absolute atomic E-state index is 14.1. The first kappa shape index (κ1) is 25.9. The van der Waals surface area contributed by atoms with Gasteiger partial charge in [-0.15, -0.1) is 0 Å². The lowest BCUT2D eigenvalue weighted by Gasteiger charge is -2.45. The molecule has 2 N–H and O–H groups in total. The number of anilines is 1. The van der Waals surface area contributed by atoms with Crippen molar-refractivity contribution in [2.24, 2.45) is 0 Å². The van der Waals surface area contributed by atoms with Crippen LogP contribution in [0.3, 0.4) is 0 Å². The number of nitrogens with zero attached hydrogens (tertiary/aromatic N) is 4. The lowest BCUT2D eigenvalue weighted by atomic mass is 10.00. The summed E-state index contributed by atoms with van der Waals surface area (Å²) < 4.78 is 14.1. The van der Waals surface area contributed by atoms with Crippen molar-refractivity contribution in [2.45, 2.75) is 58.3 Å². The molecular formula is C29H35FN6O2. The number of H-pyrrole nitrogens is 1. The number of carbonyl (C=O) groups excluding carboxylic acids is 2. The van der Waals surface area contributed by atoms with Crippen LogP contribution < -0.4 is 5.32 Å². The van der Waals surface area contributed by atoms with Crippen LogP contribution >= 0.6 is 0 Å². The Balaban J connectivity index is 0.00000294. The molecule has 3 aliphatic heterocycles. The first-order valence-corrected chi connectivity index (χ1v) is 13.0. The molecule has 3 amide bonds. The molecular weight excluding hydrogens is 483 g/mol. The Bertz CT molecular complexity index is 1310. The van der Waals surface area contributed by atoms with Gasteiger partial charge < -0.3 is 15.1 Å². The van der Waals surface area contributed by atoms with E-state index in [1.807, 2.05) is 30.0 Å². The van der Waals surface area contributed by atoms with E-state index in [1.165, 1.54) is 24.1 Å². The third kappa shape index (κ3) is 4.67. The minimum Gasteiger partial charge on any atom is -0.318 e. The number of aromatic nitrogens is 2. The molecule has 1 unspecified atom stereocenters. The second kappa shape index (κ2) is 10.6. The Morgan fingerprint density at radius 2 is 1.84 bits per heavy atom. The van der Waals surface area contributed by atoms with Crippen molar-refractivity contribution < 1.29 is 14.0 Å². The van der Waals surface area contributed by atoms with Crippen LogP contribution in [-0.4, -0.2) is 68.6 Å². The molecule has 3 aromatic rings. The third-order valence-corrected chi connectivity index (χ3v) is 8.06. The van der Waals surface area contributed by atoms with Crippen LogP contribution in [-0.2, 0) is 13.0 Å². The van der Waals surface area contributed by atoms with Gasteiger partial charge >= 0.3 is 6.03 Å². The molecule has 38 heavy (non-hydrogen) atoms. The molecule has 0 aliphatic carbocycles. The van der Waals surface area contributed by atoms with Gasteiger partial charge in [0.15, 0.2) is 5.82 Å². The minimum atomic E-state index is -0.590. The number of aromatic amines is 1. The van der Waals surface area contributed by atoms with E-state index in [0.29, 0.717) is 18.4 Å². The van der Waals surface area contributed by atoms with Crippen LogP contribution in [0.1, 0.15) is 60.4 Å². The lowest BCUT2D eigenvalue weighted by Crippen LogP contribution is -2.60. The smallest absolute Gasteiger partial charge is 0.318 e. The molecule has 2 fully saturated rings. The van der Waals surface area contributed by atoms with Crippen molar-refractivity contribution in [3.05, 3.63) is 82.8 Å². The van der Waals surface area contributed by atoms with Gasteiger partial charge in [0, 0.05) is 24.7 Å². The molecule has 4 heterocycles. The van der Waals surface area contributed by atoms with Gasteiger partial charge in [-0.25, -0.2) is 9.18 Å². The Labute approximate surface area is 222 Å². The van der Waals surface area contributed by atoms with Crippen LogP contribution in [0.5, 0.6) is 0 Å². The van der Waals surface area contributed by atoms with Gasteiger partial charge in [0.25, 0.3) is 5.91 Å². The van der Waals surface area contributed by atoms with Crippen LogP contribution in [0.2, 0.25) is 0 Å². The normalized spacial score (nSPS) is 22.5. The van der Waals surface area contributed by atoms with Gasteiger partial charge in [0.2, 0.25) is 0 Å². The van der Waals surface area contributed by atoms with Crippen molar-refractivity contribution >= 4 is 17.8 Å². The fourth-order valence-electron chi connectivity index (χ4n) is 6.05. The highest BCUT2D eigenvalue weighted by molar-refractivity contribution is 6.04. The van der Waals surface area contributed by atoms with Gasteiger partial charge in [-0.1, -0.05) is 49.9 Å². The van der Waals surface area contributed by atoms with E-state index in [9.17, 15) is 14.0 Å². The third-order valence-electron chi connectivity index (χ3n) is 8.06. The topological polar surface area (TPSA) is 84.6 Å². The maximum Gasteiger partial charge on any atom is 0.321 e. The molecule has 200 valence electrons. The molecule has 2 aromatic carbocycles. The highest BCUT2D eigenvalue weighted by atomic mass is 19.1. The zero-order valence-electron chi connectivity index (χ0n) is 20.9. The number of rotatable bonds is 4. The van der Waals surface area contributed by atoms with Crippen LogP contribution in [0.4, 0.5) is 15.0 Å². The van der Waals surface area contributed by atoms with Gasteiger partial charge in [0.05, 0.1) is 29.9 Å². The minimum absolute atomic E-state index is 0. The van der Waals surface area contributed by atoms with E-state index in [-0.39, 0.29) is 31.1 Å². The molecule has 0 bridgehead atoms. The first-order valence-electron chi connectivity index (χ1n) is 13.0. The molecule has 8 nitrogen and oxygen atoms in total. The number of carbonyl (C=O) groups is 2. The Morgan fingerprint density at radius 1 is 1.08 bits per heavy atom. The van der Waals surface area contributed by atoms with E-state index in [0.717, 1.165) is 43.7 Å². The molecule has 3 aliphatic rings. The molecule has 9 heteroatoms. The van der Waals surface area contributed by atoms with Crippen molar-refractivity contribution in [1.29, 1.82) is 0 Å². The zero-order valence-corrected chi connectivity index (χ0v) is 20.9. The number of benzene rings is 2. The summed E-state index contributed by atoms with van der Waals surface area (Å²) in [7, 11) is 0. The first-order chi connectivity index (χ1) is 18.0. The monoisotopic (exact) mass is 518 g/mol. The van der Waals surface area contributed by atoms with Crippen LogP contribution in [0, 0.1) is 5.82 Å². The predicted octanol–water partition coefficient (Wildman–Crippen LogP) is 4.83. The maximum atomic E-state index is 14.1. The molecule has 0 radical (unpaired) electrons. The zero-order chi connectivity index (χ0) is 25.5. The van der Waals surface area contributed by atoms with E-state index in [1.54, 1.807) is 12.1 Å². The van der Waals surface area contributed by atoms with Crippen LogP contribution in [0.15, 0.2) is 54.6 Å². The quantitative estimate of drug-likeness (QED) is 0.519. The highest BCUT2D eigenvalue weighted by Gasteiger charge is 2.43. The van der Waals surface area contributed by atoms with Crippen molar-refractivity contribution in [1.82, 2.24) is 24.9 Å². The number of halogens is 1. The second-order valence-electron chi connectivity index (χ2n) is 10.3. The Hall–Kier alpha value is -3.72. The standard InChI is InChI=1S/C28H31FN6O2.CH4/c1-18-25-23(26(32-31-25)30-27(36)22-11-5-6-12-24(22)29)17-34(18)28(37)35-16-20-10-7-13-33(20)15-21(35)14-19-8-3-2-4-9-19;/h2-6,8-9,11-12,18,20-21H,7,10,13-17H2,1H3,(H2,30,31,32,36);1H4/t18?,20-,21-;/m0./s1. The average molecular weight is 519 g/mol. The second-order valence-corrected chi connectivity index (χ2v) is 10.3. The summed E-state index contributed by atoms with van der Waals surface area (Å²) in [5.74, 6) is -0.815. The summed E-state index contributed by atoms with van der Waals surface area (Å²) in [6.45, 7) is 5.01. The van der Waals surface area contributed by atoms with E-state index < -0.39 is 11.7 Å². The summed E-state index contributed by atoms with van der Waals surface area (Å²) >= 11 is 0.